The van der Waals surface area contributed by atoms with E-state index in [1.165, 1.54) is 12.1 Å². The average Bonchev–Trinajstić information content (AvgIpc) is 2.67. The fraction of sp³-hybridized carbons (Fsp3) is 0.368. The second-order valence-corrected chi connectivity index (χ2v) is 8.80. The monoisotopic (exact) mass is 405 g/mol. The molecular weight excluding hydrogens is 382 g/mol. The van der Waals surface area contributed by atoms with Gasteiger partial charge in [-0.05, 0) is 31.0 Å². The lowest BCUT2D eigenvalue weighted by Gasteiger charge is -2.36. The lowest BCUT2D eigenvalue weighted by Crippen LogP contribution is -2.42. The van der Waals surface area contributed by atoms with Gasteiger partial charge in [-0.15, -0.1) is 0 Å². The number of para-hydroxylation sites is 2. The zero-order chi connectivity index (χ0) is 20.3. The molecule has 0 saturated carbocycles. The molecule has 0 aliphatic carbocycles. The van der Waals surface area contributed by atoms with Crippen LogP contribution in [0.2, 0.25) is 0 Å². The van der Waals surface area contributed by atoms with Crippen molar-refractivity contribution in [3.8, 4) is 5.75 Å². The van der Waals surface area contributed by atoms with Crippen LogP contribution in [0.15, 0.2) is 47.4 Å². The lowest BCUT2D eigenvalue weighted by atomic mass is 10.0. The first-order valence-electron chi connectivity index (χ1n) is 8.92. The highest BCUT2D eigenvalue weighted by molar-refractivity contribution is 7.90. The summed E-state index contributed by atoms with van der Waals surface area (Å²) >= 11 is 0. The molecule has 0 amide bonds. The largest absolute Gasteiger partial charge is 0.495 e. The summed E-state index contributed by atoms with van der Waals surface area (Å²) in [6.07, 6.45) is 2.85. The van der Waals surface area contributed by atoms with Gasteiger partial charge in [-0.2, -0.15) is 0 Å². The second kappa shape index (κ2) is 8.05. The third kappa shape index (κ3) is 4.36. The van der Waals surface area contributed by atoms with E-state index in [0.29, 0.717) is 12.2 Å². The van der Waals surface area contributed by atoms with Crippen molar-refractivity contribution in [2.75, 3.05) is 36.7 Å². The summed E-state index contributed by atoms with van der Waals surface area (Å²) in [5.41, 5.74) is 1.13. The molecule has 9 heteroatoms. The van der Waals surface area contributed by atoms with Crippen LogP contribution in [-0.2, 0) is 9.84 Å². The summed E-state index contributed by atoms with van der Waals surface area (Å²) in [5.74, 6) is 0.787. The van der Waals surface area contributed by atoms with Crippen LogP contribution < -0.4 is 15.0 Å². The van der Waals surface area contributed by atoms with Crippen LogP contribution >= 0.6 is 0 Å². The van der Waals surface area contributed by atoms with Crippen molar-refractivity contribution in [1.82, 2.24) is 0 Å². The van der Waals surface area contributed by atoms with E-state index in [1.54, 1.807) is 7.11 Å². The lowest BCUT2D eigenvalue weighted by molar-refractivity contribution is -0.385. The molecule has 1 atom stereocenters. The minimum absolute atomic E-state index is 0.000573. The van der Waals surface area contributed by atoms with Gasteiger partial charge in [0.1, 0.15) is 5.75 Å². The molecular formula is C19H23N3O5S. The summed E-state index contributed by atoms with van der Waals surface area (Å²) in [6, 6.07) is 11.7. The van der Waals surface area contributed by atoms with E-state index in [9.17, 15) is 18.5 Å². The molecule has 3 rings (SSSR count). The predicted molar refractivity (Wildman–Crippen MR) is 108 cm³/mol. The average molecular weight is 405 g/mol. The first-order chi connectivity index (χ1) is 13.3. The smallest absolute Gasteiger partial charge is 0.270 e. The zero-order valence-corrected chi connectivity index (χ0v) is 16.6. The number of nitrogens with zero attached hydrogens (tertiary/aromatic N) is 2. The third-order valence-electron chi connectivity index (χ3n) is 4.78. The Labute approximate surface area is 164 Å². The Morgan fingerprint density at radius 2 is 2.00 bits per heavy atom. The number of nitro benzene ring substituents is 1. The van der Waals surface area contributed by atoms with E-state index >= 15 is 0 Å². The van der Waals surface area contributed by atoms with Gasteiger partial charge in [0.25, 0.3) is 5.69 Å². The molecule has 2 aromatic carbocycles. The van der Waals surface area contributed by atoms with Gasteiger partial charge in [-0.25, -0.2) is 8.42 Å². The van der Waals surface area contributed by atoms with E-state index in [-0.39, 0.29) is 16.6 Å². The Morgan fingerprint density at radius 1 is 1.25 bits per heavy atom. The first kappa shape index (κ1) is 19.9. The van der Waals surface area contributed by atoms with Crippen molar-refractivity contribution in [2.24, 2.45) is 0 Å². The second-order valence-electron chi connectivity index (χ2n) is 6.81. The molecule has 1 saturated heterocycles. The number of non-ortho nitro benzene ring substituents is 1. The number of methoxy groups -OCH3 is 1. The van der Waals surface area contributed by atoms with Crippen molar-refractivity contribution >= 4 is 26.9 Å². The number of nitro groups is 1. The quantitative estimate of drug-likeness (QED) is 0.582. The van der Waals surface area contributed by atoms with E-state index in [4.69, 9.17) is 4.74 Å². The number of hydrogen-bond donors (Lipinski definition) is 1. The maximum atomic E-state index is 12.1. The highest BCUT2D eigenvalue weighted by atomic mass is 32.2. The molecule has 1 aliphatic rings. The molecule has 1 aliphatic heterocycles. The number of sulfone groups is 1. The third-order valence-corrected chi connectivity index (χ3v) is 5.92. The van der Waals surface area contributed by atoms with Crippen molar-refractivity contribution in [2.45, 2.75) is 23.8 Å². The van der Waals surface area contributed by atoms with Gasteiger partial charge in [0.2, 0.25) is 0 Å². The normalized spacial score (nSPS) is 17.2. The van der Waals surface area contributed by atoms with Crippen molar-refractivity contribution in [3.63, 3.8) is 0 Å². The number of rotatable bonds is 6. The molecule has 150 valence electrons. The van der Waals surface area contributed by atoms with Crippen LogP contribution in [0.1, 0.15) is 12.8 Å². The van der Waals surface area contributed by atoms with Crippen molar-refractivity contribution < 1.29 is 18.1 Å². The topological polar surface area (TPSA) is 102 Å². The van der Waals surface area contributed by atoms with Crippen LogP contribution in [0, 0.1) is 10.1 Å². The Hall–Kier alpha value is -2.81. The van der Waals surface area contributed by atoms with E-state index in [0.717, 1.165) is 43.1 Å². The van der Waals surface area contributed by atoms with Crippen LogP contribution in [-0.4, -0.2) is 45.8 Å². The molecule has 2 aromatic rings. The van der Waals surface area contributed by atoms with Gasteiger partial charge >= 0.3 is 0 Å². The molecule has 28 heavy (non-hydrogen) atoms. The predicted octanol–water partition coefficient (Wildman–Crippen LogP) is 3.09. The molecule has 0 radical (unpaired) electrons. The molecule has 0 aromatic heterocycles. The Morgan fingerprint density at radius 3 is 2.68 bits per heavy atom. The van der Waals surface area contributed by atoms with Gasteiger partial charge in [0.15, 0.2) is 9.84 Å². The molecule has 1 unspecified atom stereocenters. The summed E-state index contributed by atoms with van der Waals surface area (Å²) in [4.78, 5) is 12.6. The molecule has 1 heterocycles. The molecule has 1 N–H and O–H groups in total. The molecule has 8 nitrogen and oxygen atoms in total. The van der Waals surface area contributed by atoms with E-state index in [2.05, 4.69) is 10.2 Å². The van der Waals surface area contributed by atoms with Gasteiger partial charge < -0.3 is 15.0 Å². The van der Waals surface area contributed by atoms with E-state index < -0.39 is 14.8 Å². The Bertz CT molecular complexity index is 977. The van der Waals surface area contributed by atoms with E-state index in [1.807, 2.05) is 24.3 Å². The van der Waals surface area contributed by atoms with Crippen LogP contribution in [0.25, 0.3) is 0 Å². The summed E-state index contributed by atoms with van der Waals surface area (Å²) in [7, 11) is -1.98. The first-order valence-corrected chi connectivity index (χ1v) is 10.8. The highest BCUT2D eigenvalue weighted by Gasteiger charge is 2.25. The number of hydrogen-bond acceptors (Lipinski definition) is 7. The van der Waals surface area contributed by atoms with Crippen molar-refractivity contribution in [3.05, 3.63) is 52.6 Å². The van der Waals surface area contributed by atoms with Crippen LogP contribution in [0.3, 0.4) is 0 Å². The minimum Gasteiger partial charge on any atom is -0.495 e. The minimum atomic E-state index is -3.62. The van der Waals surface area contributed by atoms with Gasteiger partial charge in [-0.3, -0.25) is 10.1 Å². The Balaban J connectivity index is 1.85. The summed E-state index contributed by atoms with van der Waals surface area (Å²) in [5, 5.41) is 14.3. The number of piperidine rings is 1. The fourth-order valence-corrected chi connectivity index (χ4v) is 4.34. The number of anilines is 2. The molecule has 0 bridgehead atoms. The molecule has 1 fully saturated rings. The van der Waals surface area contributed by atoms with Crippen LogP contribution in [0.4, 0.5) is 17.1 Å². The standard InChI is InChI=1S/C19H23N3O5S/c1-27-18-8-4-3-7-17(18)21-11-5-6-14(13-21)20-16-10-9-15(22(23)24)12-19(16)28(2,25)26/h3-4,7-10,12,14,20H,5-6,11,13H2,1-2H3. The fourth-order valence-electron chi connectivity index (χ4n) is 3.48. The molecule has 0 spiro atoms. The zero-order valence-electron chi connectivity index (χ0n) is 15.8. The van der Waals surface area contributed by atoms with Gasteiger partial charge in [0.05, 0.1) is 28.3 Å². The Kier molecular flexibility index (Phi) is 5.73. The SMILES string of the molecule is COc1ccccc1N1CCCC(Nc2ccc([N+](=O)[O-])cc2S(C)(=O)=O)C1. The summed E-state index contributed by atoms with van der Waals surface area (Å²) < 4.78 is 29.7. The summed E-state index contributed by atoms with van der Waals surface area (Å²) in [6.45, 7) is 1.54. The number of nitrogens with one attached hydrogen (secondary N) is 1. The van der Waals surface area contributed by atoms with Gasteiger partial charge in [0, 0.05) is 37.5 Å². The maximum absolute atomic E-state index is 12.1. The van der Waals surface area contributed by atoms with Gasteiger partial charge in [-0.1, -0.05) is 12.1 Å². The number of benzene rings is 2. The number of ether oxygens (including phenoxy) is 1. The van der Waals surface area contributed by atoms with Crippen molar-refractivity contribution in [1.29, 1.82) is 0 Å². The maximum Gasteiger partial charge on any atom is 0.270 e. The van der Waals surface area contributed by atoms with Crippen LogP contribution in [0.5, 0.6) is 5.75 Å². The highest BCUT2D eigenvalue weighted by Crippen LogP contribution is 2.32.